The fourth-order valence-electron chi connectivity index (χ4n) is 3.08. The van der Waals surface area contributed by atoms with Crippen LogP contribution in [0.1, 0.15) is 51.9 Å². The quantitative estimate of drug-likeness (QED) is 0.817. The number of rotatable bonds is 4. The van der Waals surface area contributed by atoms with Crippen molar-refractivity contribution in [2.75, 3.05) is 6.61 Å². The van der Waals surface area contributed by atoms with Gasteiger partial charge in [-0.05, 0) is 44.9 Å². The van der Waals surface area contributed by atoms with Gasteiger partial charge in [-0.15, -0.1) is 0 Å². The molecule has 1 heterocycles. The number of hydrogen-bond acceptors (Lipinski definition) is 4. The van der Waals surface area contributed by atoms with Crippen LogP contribution in [0.3, 0.4) is 0 Å². The van der Waals surface area contributed by atoms with Gasteiger partial charge in [0.05, 0.1) is 17.6 Å². The normalized spacial score (nSPS) is 40.0. The van der Waals surface area contributed by atoms with Gasteiger partial charge in [-0.2, -0.15) is 0 Å². The maximum Gasteiger partial charge on any atom is 0.309 e. The monoisotopic (exact) mass is 272 g/mol. The number of aliphatic hydroxyl groups is 1. The van der Waals surface area contributed by atoms with Crippen molar-refractivity contribution in [3.05, 3.63) is 0 Å². The molecule has 2 aliphatic rings. The van der Waals surface area contributed by atoms with Crippen LogP contribution in [-0.2, 0) is 14.3 Å². The predicted octanol–water partition coefficient (Wildman–Crippen LogP) is 1.92. The van der Waals surface area contributed by atoms with E-state index in [9.17, 15) is 15.0 Å². The van der Waals surface area contributed by atoms with E-state index in [4.69, 9.17) is 9.47 Å². The Labute approximate surface area is 113 Å². The summed E-state index contributed by atoms with van der Waals surface area (Å²) in [5.41, 5.74) is -0.785. The molecule has 1 saturated carbocycles. The molecule has 4 atom stereocenters. The van der Waals surface area contributed by atoms with Crippen LogP contribution in [0.5, 0.6) is 0 Å². The third kappa shape index (κ3) is 3.27. The van der Waals surface area contributed by atoms with Crippen molar-refractivity contribution in [3.8, 4) is 0 Å². The van der Waals surface area contributed by atoms with Crippen LogP contribution in [-0.4, -0.2) is 41.3 Å². The Balaban J connectivity index is 1.90. The number of aliphatic hydroxyl groups excluding tert-OH is 1. The molecule has 0 bridgehead atoms. The summed E-state index contributed by atoms with van der Waals surface area (Å²) in [5, 5.41) is 19.5. The molecule has 1 saturated heterocycles. The largest absolute Gasteiger partial charge is 0.481 e. The second kappa shape index (κ2) is 6.20. The number of hydrogen-bond donors (Lipinski definition) is 2. The number of carboxylic acids is 1. The van der Waals surface area contributed by atoms with Gasteiger partial charge in [0.2, 0.25) is 0 Å². The van der Waals surface area contributed by atoms with E-state index in [-0.39, 0.29) is 18.8 Å². The number of carbonyl (C=O) groups is 1. The lowest BCUT2D eigenvalue weighted by Crippen LogP contribution is -2.46. The lowest BCUT2D eigenvalue weighted by atomic mass is 9.70. The standard InChI is InChI=1S/C14H24O5/c1-2-14(13(16)17)7-6-11(10(15)9-14)19-12-5-3-4-8-18-12/h10-12,15H,2-9H2,1H3,(H,16,17)/t10-,11-,12-,14-/m1/s1. The van der Waals surface area contributed by atoms with Gasteiger partial charge in [-0.3, -0.25) is 4.79 Å². The zero-order valence-electron chi connectivity index (χ0n) is 11.5. The Hall–Kier alpha value is -0.650. The first-order valence-electron chi connectivity index (χ1n) is 7.26. The summed E-state index contributed by atoms with van der Waals surface area (Å²) >= 11 is 0. The van der Waals surface area contributed by atoms with Crippen molar-refractivity contribution < 1.29 is 24.5 Å². The van der Waals surface area contributed by atoms with Gasteiger partial charge in [0.25, 0.3) is 0 Å². The summed E-state index contributed by atoms with van der Waals surface area (Å²) in [4.78, 5) is 11.4. The second-order valence-electron chi connectivity index (χ2n) is 5.72. The summed E-state index contributed by atoms with van der Waals surface area (Å²) in [5.74, 6) is -0.804. The Bertz CT molecular complexity index is 313. The van der Waals surface area contributed by atoms with Crippen molar-refractivity contribution in [2.24, 2.45) is 5.41 Å². The summed E-state index contributed by atoms with van der Waals surface area (Å²) in [6.07, 6.45) is 3.74. The summed E-state index contributed by atoms with van der Waals surface area (Å²) in [7, 11) is 0. The Morgan fingerprint density at radius 2 is 2.21 bits per heavy atom. The highest BCUT2D eigenvalue weighted by molar-refractivity contribution is 5.74. The van der Waals surface area contributed by atoms with Crippen molar-refractivity contribution in [1.82, 2.24) is 0 Å². The molecule has 2 N–H and O–H groups in total. The molecular formula is C14H24O5. The smallest absolute Gasteiger partial charge is 0.309 e. The van der Waals surface area contributed by atoms with Gasteiger partial charge in [0, 0.05) is 6.61 Å². The maximum absolute atomic E-state index is 11.4. The van der Waals surface area contributed by atoms with Crippen molar-refractivity contribution in [1.29, 1.82) is 0 Å². The summed E-state index contributed by atoms with van der Waals surface area (Å²) in [6.45, 7) is 2.58. The molecule has 5 nitrogen and oxygen atoms in total. The Kier molecular flexibility index (Phi) is 4.81. The maximum atomic E-state index is 11.4. The first kappa shape index (κ1) is 14.8. The number of aliphatic carboxylic acids is 1. The van der Waals surface area contributed by atoms with Crippen LogP contribution in [0.25, 0.3) is 0 Å². The number of ether oxygens (including phenoxy) is 2. The minimum absolute atomic E-state index is 0.229. The predicted molar refractivity (Wildman–Crippen MR) is 68.7 cm³/mol. The summed E-state index contributed by atoms with van der Waals surface area (Å²) < 4.78 is 11.3. The summed E-state index contributed by atoms with van der Waals surface area (Å²) in [6, 6.07) is 0. The van der Waals surface area contributed by atoms with Crippen molar-refractivity contribution in [3.63, 3.8) is 0 Å². The highest BCUT2D eigenvalue weighted by Crippen LogP contribution is 2.41. The molecule has 2 rings (SSSR count). The van der Waals surface area contributed by atoms with Crippen LogP contribution < -0.4 is 0 Å². The minimum atomic E-state index is -0.804. The van der Waals surface area contributed by atoms with Crippen LogP contribution >= 0.6 is 0 Å². The van der Waals surface area contributed by atoms with Gasteiger partial charge in [0.1, 0.15) is 0 Å². The molecule has 1 aliphatic carbocycles. The SMILES string of the molecule is CC[C@@]1(C(=O)O)CC[C@@H](O[C@@H]2CCCCO2)[C@H](O)C1. The van der Waals surface area contributed by atoms with Gasteiger partial charge in [0.15, 0.2) is 6.29 Å². The molecule has 5 heteroatoms. The van der Waals surface area contributed by atoms with Crippen LogP contribution in [0.4, 0.5) is 0 Å². The molecule has 0 radical (unpaired) electrons. The molecule has 0 spiro atoms. The van der Waals surface area contributed by atoms with E-state index in [1.165, 1.54) is 0 Å². The third-order valence-corrected chi connectivity index (χ3v) is 4.53. The molecule has 0 amide bonds. The molecule has 19 heavy (non-hydrogen) atoms. The Morgan fingerprint density at radius 1 is 1.42 bits per heavy atom. The van der Waals surface area contributed by atoms with E-state index in [0.29, 0.717) is 25.9 Å². The molecular weight excluding hydrogens is 248 g/mol. The third-order valence-electron chi connectivity index (χ3n) is 4.53. The average molecular weight is 272 g/mol. The molecule has 0 aromatic heterocycles. The van der Waals surface area contributed by atoms with E-state index in [1.54, 1.807) is 0 Å². The molecule has 0 aromatic rings. The minimum Gasteiger partial charge on any atom is -0.481 e. The first-order chi connectivity index (χ1) is 9.07. The molecule has 110 valence electrons. The molecule has 0 aromatic carbocycles. The molecule has 1 aliphatic heterocycles. The highest BCUT2D eigenvalue weighted by atomic mass is 16.7. The van der Waals surface area contributed by atoms with Crippen molar-refractivity contribution >= 4 is 5.97 Å². The lowest BCUT2D eigenvalue weighted by molar-refractivity contribution is -0.221. The topological polar surface area (TPSA) is 76.0 Å². The van der Waals surface area contributed by atoms with Gasteiger partial charge >= 0.3 is 5.97 Å². The second-order valence-corrected chi connectivity index (χ2v) is 5.72. The van der Waals surface area contributed by atoms with E-state index in [2.05, 4.69) is 0 Å². The van der Waals surface area contributed by atoms with E-state index in [0.717, 1.165) is 19.3 Å². The Morgan fingerprint density at radius 3 is 2.74 bits per heavy atom. The molecule has 0 unspecified atom stereocenters. The van der Waals surface area contributed by atoms with Crippen molar-refractivity contribution in [2.45, 2.75) is 70.4 Å². The zero-order valence-corrected chi connectivity index (χ0v) is 11.5. The van der Waals surface area contributed by atoms with E-state index in [1.807, 2.05) is 6.92 Å². The first-order valence-corrected chi connectivity index (χ1v) is 7.26. The van der Waals surface area contributed by atoms with Gasteiger partial charge in [-0.1, -0.05) is 6.92 Å². The fourth-order valence-corrected chi connectivity index (χ4v) is 3.08. The van der Waals surface area contributed by atoms with Gasteiger partial charge < -0.3 is 19.7 Å². The van der Waals surface area contributed by atoms with E-state index >= 15 is 0 Å². The highest BCUT2D eigenvalue weighted by Gasteiger charge is 2.45. The average Bonchev–Trinajstić information content (AvgIpc) is 2.42. The van der Waals surface area contributed by atoms with E-state index < -0.39 is 17.5 Å². The zero-order chi connectivity index (χ0) is 13.9. The fraction of sp³-hybridized carbons (Fsp3) is 0.929. The lowest BCUT2D eigenvalue weighted by Gasteiger charge is -2.40. The van der Waals surface area contributed by atoms with Crippen LogP contribution in [0, 0.1) is 5.41 Å². The van der Waals surface area contributed by atoms with Crippen LogP contribution in [0.15, 0.2) is 0 Å². The molecule has 2 fully saturated rings. The van der Waals surface area contributed by atoms with Gasteiger partial charge in [-0.25, -0.2) is 0 Å². The number of carboxylic acid groups (broad SMARTS) is 1. The van der Waals surface area contributed by atoms with Crippen LogP contribution in [0.2, 0.25) is 0 Å².